The number of ether oxygens (including phenoxy) is 2. The van der Waals surface area contributed by atoms with Gasteiger partial charge in [0.05, 0.1) is 24.0 Å². The van der Waals surface area contributed by atoms with Crippen LogP contribution in [0.15, 0.2) is 42.5 Å². The van der Waals surface area contributed by atoms with E-state index in [9.17, 15) is 14.9 Å². The van der Waals surface area contributed by atoms with Crippen LogP contribution in [-0.4, -0.2) is 63.9 Å². The van der Waals surface area contributed by atoms with E-state index in [2.05, 4.69) is 15.1 Å². The molecule has 0 aromatic heterocycles. The molecule has 2 aliphatic heterocycles. The minimum absolute atomic E-state index is 0.0187. The number of nitrogens with one attached hydrogen (secondary N) is 1. The van der Waals surface area contributed by atoms with E-state index < -0.39 is 0 Å². The molecule has 176 valence electrons. The molecule has 1 saturated heterocycles. The number of piperazine rings is 1. The molecule has 1 N–H and O–H groups in total. The van der Waals surface area contributed by atoms with E-state index in [1.807, 2.05) is 30.3 Å². The Labute approximate surface area is 193 Å². The maximum Gasteiger partial charge on any atom is 0.269 e. The summed E-state index contributed by atoms with van der Waals surface area (Å²) in [5.74, 6) is 0.483. The summed E-state index contributed by atoms with van der Waals surface area (Å²) in [7, 11) is 3.29. The van der Waals surface area contributed by atoms with Crippen molar-refractivity contribution >= 4 is 23.0 Å². The summed E-state index contributed by atoms with van der Waals surface area (Å²) >= 11 is 0. The number of amides is 1. The van der Waals surface area contributed by atoms with Crippen LogP contribution in [0.4, 0.5) is 17.1 Å². The minimum atomic E-state index is -0.381. The van der Waals surface area contributed by atoms with Crippen LogP contribution >= 0.6 is 0 Å². The molecule has 2 aromatic rings. The van der Waals surface area contributed by atoms with Crippen molar-refractivity contribution in [2.75, 3.05) is 56.8 Å². The average molecular weight is 455 g/mol. The summed E-state index contributed by atoms with van der Waals surface area (Å²) < 4.78 is 10.4. The van der Waals surface area contributed by atoms with Crippen molar-refractivity contribution in [3.8, 4) is 5.75 Å². The Bertz CT molecular complexity index is 997. The van der Waals surface area contributed by atoms with E-state index in [0.717, 1.165) is 42.2 Å². The van der Waals surface area contributed by atoms with Crippen LogP contribution in [0.5, 0.6) is 5.75 Å². The van der Waals surface area contributed by atoms with Crippen LogP contribution in [-0.2, 0) is 16.0 Å². The van der Waals surface area contributed by atoms with Gasteiger partial charge in [-0.3, -0.25) is 14.9 Å². The zero-order valence-electron chi connectivity index (χ0n) is 19.0. The van der Waals surface area contributed by atoms with Crippen molar-refractivity contribution in [3.05, 3.63) is 58.1 Å². The first-order valence-electron chi connectivity index (χ1n) is 11.2. The topological polar surface area (TPSA) is 97.2 Å². The van der Waals surface area contributed by atoms with Gasteiger partial charge in [-0.15, -0.1) is 0 Å². The molecule has 9 nitrogen and oxygen atoms in total. The van der Waals surface area contributed by atoms with Gasteiger partial charge in [0, 0.05) is 63.4 Å². The number of rotatable bonds is 8. The lowest BCUT2D eigenvalue weighted by molar-refractivity contribution is -0.384. The van der Waals surface area contributed by atoms with Crippen LogP contribution < -0.4 is 19.9 Å². The number of fused-ring (bicyclic) bond motifs is 3. The summed E-state index contributed by atoms with van der Waals surface area (Å²) in [6, 6.07) is 12.9. The predicted octanol–water partition coefficient (Wildman–Crippen LogP) is 2.62. The Morgan fingerprint density at radius 1 is 1.18 bits per heavy atom. The Balaban J connectivity index is 1.59. The number of non-ortho nitro benzene ring substituents is 1. The molecule has 0 spiro atoms. The molecular formula is C24H30N4O5. The van der Waals surface area contributed by atoms with Gasteiger partial charge in [-0.05, 0) is 48.7 Å². The van der Waals surface area contributed by atoms with E-state index in [4.69, 9.17) is 9.47 Å². The minimum Gasteiger partial charge on any atom is -0.497 e. The molecule has 4 rings (SSSR count). The summed E-state index contributed by atoms with van der Waals surface area (Å²) in [5, 5.41) is 14.4. The number of nitro benzene ring substituents is 1. The zero-order valence-corrected chi connectivity index (χ0v) is 19.0. The molecule has 2 heterocycles. The number of anilines is 2. The maximum absolute atomic E-state index is 13.2. The van der Waals surface area contributed by atoms with Crippen molar-refractivity contribution in [2.45, 2.75) is 18.9 Å². The first-order chi connectivity index (χ1) is 16.0. The number of nitrogens with zero attached hydrogens (tertiary/aromatic N) is 3. The highest BCUT2D eigenvalue weighted by atomic mass is 16.6. The number of benzene rings is 2. The second-order valence-electron chi connectivity index (χ2n) is 8.42. The SMILES string of the molecule is COCCCNC(=O)[C@H]1Cc2cc([N+](=O)[O-])ccc2N2CCN(c3ccc(OC)cc3)C[C@H]12. The van der Waals surface area contributed by atoms with Crippen LogP contribution in [0.3, 0.4) is 0 Å². The van der Waals surface area contributed by atoms with Crippen LogP contribution in [0, 0.1) is 16.0 Å². The quantitative estimate of drug-likeness (QED) is 0.372. The molecule has 2 aromatic carbocycles. The molecule has 0 saturated carbocycles. The van der Waals surface area contributed by atoms with Crippen molar-refractivity contribution in [1.82, 2.24) is 5.32 Å². The fraction of sp³-hybridized carbons (Fsp3) is 0.458. The molecule has 0 aliphatic carbocycles. The average Bonchev–Trinajstić information content (AvgIpc) is 2.85. The highest BCUT2D eigenvalue weighted by Gasteiger charge is 2.42. The van der Waals surface area contributed by atoms with Crippen LogP contribution in [0.25, 0.3) is 0 Å². The van der Waals surface area contributed by atoms with E-state index in [-0.39, 0.29) is 28.5 Å². The molecule has 0 radical (unpaired) electrons. The normalized spacial score (nSPS) is 19.5. The number of nitro groups is 1. The Hall–Kier alpha value is -3.33. The summed E-state index contributed by atoms with van der Waals surface area (Å²) in [5.41, 5.74) is 2.99. The summed E-state index contributed by atoms with van der Waals surface area (Å²) in [6.45, 7) is 3.34. The van der Waals surface area contributed by atoms with Gasteiger partial charge >= 0.3 is 0 Å². The summed E-state index contributed by atoms with van der Waals surface area (Å²) in [6.07, 6.45) is 1.22. The molecule has 9 heteroatoms. The van der Waals surface area contributed by atoms with E-state index >= 15 is 0 Å². The Morgan fingerprint density at radius 2 is 1.97 bits per heavy atom. The largest absolute Gasteiger partial charge is 0.497 e. The lowest BCUT2D eigenvalue weighted by Gasteiger charge is -2.49. The fourth-order valence-corrected chi connectivity index (χ4v) is 4.81. The Morgan fingerprint density at radius 3 is 2.67 bits per heavy atom. The summed E-state index contributed by atoms with van der Waals surface area (Å²) in [4.78, 5) is 28.7. The Kier molecular flexibility index (Phi) is 6.98. The van der Waals surface area contributed by atoms with Crippen LogP contribution in [0.1, 0.15) is 12.0 Å². The van der Waals surface area contributed by atoms with Crippen molar-refractivity contribution < 1.29 is 19.2 Å². The smallest absolute Gasteiger partial charge is 0.269 e. The first-order valence-corrected chi connectivity index (χ1v) is 11.2. The van der Waals surface area contributed by atoms with Crippen molar-refractivity contribution in [2.24, 2.45) is 5.92 Å². The third-order valence-electron chi connectivity index (χ3n) is 6.51. The van der Waals surface area contributed by atoms with Gasteiger partial charge in [0.25, 0.3) is 5.69 Å². The van der Waals surface area contributed by atoms with Crippen LogP contribution in [0.2, 0.25) is 0 Å². The van der Waals surface area contributed by atoms with E-state index in [0.29, 0.717) is 26.1 Å². The molecule has 1 fully saturated rings. The maximum atomic E-state index is 13.2. The zero-order chi connectivity index (χ0) is 23.4. The van der Waals surface area contributed by atoms with Crippen molar-refractivity contribution in [1.29, 1.82) is 0 Å². The monoisotopic (exact) mass is 454 g/mol. The lowest BCUT2D eigenvalue weighted by Crippen LogP contribution is -2.61. The van der Waals surface area contributed by atoms with Gasteiger partial charge in [0.15, 0.2) is 0 Å². The molecule has 0 unspecified atom stereocenters. The van der Waals surface area contributed by atoms with Gasteiger partial charge in [-0.1, -0.05) is 0 Å². The first kappa shape index (κ1) is 22.8. The third kappa shape index (κ3) is 4.88. The number of carbonyl (C=O) groups excluding carboxylic acids is 1. The third-order valence-corrected chi connectivity index (χ3v) is 6.51. The molecular weight excluding hydrogens is 424 g/mol. The van der Waals surface area contributed by atoms with Gasteiger partial charge in [0.2, 0.25) is 5.91 Å². The number of hydrogen-bond donors (Lipinski definition) is 1. The van der Waals surface area contributed by atoms with Gasteiger partial charge in [-0.25, -0.2) is 0 Å². The molecule has 0 bridgehead atoms. The fourth-order valence-electron chi connectivity index (χ4n) is 4.81. The molecule has 2 atom stereocenters. The highest BCUT2D eigenvalue weighted by Crippen LogP contribution is 2.38. The van der Waals surface area contributed by atoms with Gasteiger partial charge in [0.1, 0.15) is 5.75 Å². The number of hydrogen-bond acceptors (Lipinski definition) is 7. The molecule has 33 heavy (non-hydrogen) atoms. The lowest BCUT2D eigenvalue weighted by atomic mass is 9.83. The molecule has 2 aliphatic rings. The van der Waals surface area contributed by atoms with E-state index in [1.165, 1.54) is 0 Å². The molecule has 1 amide bonds. The number of carbonyl (C=O) groups is 1. The highest BCUT2D eigenvalue weighted by molar-refractivity contribution is 5.82. The second kappa shape index (κ2) is 10.1. The van der Waals surface area contributed by atoms with Crippen molar-refractivity contribution in [3.63, 3.8) is 0 Å². The second-order valence-corrected chi connectivity index (χ2v) is 8.42. The predicted molar refractivity (Wildman–Crippen MR) is 126 cm³/mol. The standard InChI is InChI=1S/C24H30N4O5/c1-32-13-3-10-25-24(29)21-15-17-14-19(28(30)31)6-9-22(17)27-12-11-26(16-23(21)27)18-4-7-20(33-2)8-5-18/h4-9,14,21,23H,3,10-13,15-16H2,1-2H3,(H,25,29)/t21-,23+/m0/s1. The van der Waals surface area contributed by atoms with E-state index in [1.54, 1.807) is 26.4 Å². The number of methoxy groups -OCH3 is 2. The van der Waals surface area contributed by atoms with Gasteiger partial charge < -0.3 is 24.6 Å². The van der Waals surface area contributed by atoms with Gasteiger partial charge in [-0.2, -0.15) is 0 Å².